The Balaban J connectivity index is 1.66. The highest BCUT2D eigenvalue weighted by atomic mass is 32.1. The lowest BCUT2D eigenvalue weighted by molar-refractivity contribution is -0.160. The molecule has 3 rings (SSSR count). The maximum atomic E-state index is 12.4. The van der Waals surface area contributed by atoms with Gasteiger partial charge in [0.2, 0.25) is 0 Å². The van der Waals surface area contributed by atoms with Crippen LogP contribution in [-0.2, 0) is 4.74 Å². The van der Waals surface area contributed by atoms with Gasteiger partial charge in [0.15, 0.2) is 6.61 Å². The molecule has 3 aromatic heterocycles. The molecule has 2 N–H and O–H groups in total. The average Bonchev–Trinajstić information content (AvgIpc) is 3.25. The van der Waals surface area contributed by atoms with E-state index in [1.165, 1.54) is 17.6 Å². The number of thiophene rings is 1. The number of aromatic nitrogens is 2. The molecule has 0 bridgehead atoms. The molecule has 3 heterocycles. The molecule has 0 aliphatic heterocycles. The Morgan fingerprint density at radius 2 is 1.96 bits per heavy atom. The number of pyridine rings is 1. The number of nitrogens with zero attached hydrogens (tertiary/aromatic N) is 2. The molecule has 28 heavy (non-hydrogen) atoms. The lowest BCUT2D eigenvalue weighted by atomic mass is 10.3. The molecule has 0 saturated heterocycles. The van der Waals surface area contributed by atoms with Crippen LogP contribution in [0.4, 0.5) is 23.0 Å². The van der Waals surface area contributed by atoms with Gasteiger partial charge in [0, 0.05) is 12.4 Å². The molecule has 0 saturated carbocycles. The third-order valence-electron chi connectivity index (χ3n) is 3.32. The number of rotatable bonds is 4. The standard InChI is InChI=1S/C16H11F3N4O4S/c17-16(18,19)8-27-15(26)22-12(24)9-4-6-28-14(9)21-13(25)10-7-23-5-2-1-3-11(23)20-10/h1-7H,8H2,(H,21,25)(H,22,24,26). The van der Waals surface area contributed by atoms with E-state index >= 15 is 0 Å². The summed E-state index contributed by atoms with van der Waals surface area (Å²) in [6.45, 7) is -1.83. The quantitative estimate of drug-likeness (QED) is 0.686. The summed E-state index contributed by atoms with van der Waals surface area (Å²) in [6, 6.07) is 6.52. The van der Waals surface area contributed by atoms with Gasteiger partial charge in [-0.3, -0.25) is 14.9 Å². The van der Waals surface area contributed by atoms with Crippen molar-refractivity contribution < 1.29 is 32.3 Å². The summed E-state index contributed by atoms with van der Waals surface area (Å²) in [4.78, 5) is 39.9. The molecule has 12 heteroatoms. The number of imidazole rings is 1. The lowest BCUT2D eigenvalue weighted by Crippen LogP contribution is -2.33. The van der Waals surface area contributed by atoms with Crippen molar-refractivity contribution in [3.05, 3.63) is 53.3 Å². The fraction of sp³-hybridized carbons (Fsp3) is 0.125. The fourth-order valence-corrected chi connectivity index (χ4v) is 2.92. The third-order valence-corrected chi connectivity index (χ3v) is 4.15. The molecule has 0 unspecified atom stereocenters. The van der Waals surface area contributed by atoms with E-state index in [1.54, 1.807) is 34.1 Å². The highest BCUT2D eigenvalue weighted by molar-refractivity contribution is 7.14. The molecule has 0 aromatic carbocycles. The fourth-order valence-electron chi connectivity index (χ4n) is 2.14. The largest absolute Gasteiger partial charge is 0.440 e. The number of halogens is 3. The van der Waals surface area contributed by atoms with Gasteiger partial charge >= 0.3 is 12.3 Å². The lowest BCUT2D eigenvalue weighted by Gasteiger charge is -2.09. The predicted molar refractivity (Wildman–Crippen MR) is 92.3 cm³/mol. The molecule has 0 spiro atoms. The minimum Gasteiger partial charge on any atom is -0.440 e. The summed E-state index contributed by atoms with van der Waals surface area (Å²) in [5.74, 6) is -1.61. The number of alkyl halides is 3. The number of hydrogen-bond donors (Lipinski definition) is 2. The van der Waals surface area contributed by atoms with Crippen molar-refractivity contribution in [3.8, 4) is 0 Å². The summed E-state index contributed by atoms with van der Waals surface area (Å²) in [5, 5.41) is 5.72. The van der Waals surface area contributed by atoms with Gasteiger partial charge in [-0.1, -0.05) is 6.07 Å². The molecule has 146 valence electrons. The Morgan fingerprint density at radius 3 is 2.68 bits per heavy atom. The molecular formula is C16H11F3N4O4S. The smallest absolute Gasteiger partial charge is 0.422 e. The Hall–Kier alpha value is -3.41. The molecule has 0 atom stereocenters. The number of imide groups is 1. The summed E-state index contributed by atoms with van der Waals surface area (Å²) in [5.41, 5.74) is 0.533. The number of ether oxygens (including phenoxy) is 1. The maximum Gasteiger partial charge on any atom is 0.422 e. The zero-order valence-corrected chi connectivity index (χ0v) is 14.6. The zero-order chi connectivity index (χ0) is 20.3. The van der Waals surface area contributed by atoms with Crippen molar-refractivity contribution in [2.75, 3.05) is 11.9 Å². The Morgan fingerprint density at radius 1 is 1.18 bits per heavy atom. The van der Waals surface area contributed by atoms with Crippen LogP contribution in [0.25, 0.3) is 5.65 Å². The number of carbonyl (C=O) groups is 3. The minimum absolute atomic E-state index is 0.0931. The van der Waals surface area contributed by atoms with Gasteiger partial charge < -0.3 is 14.5 Å². The van der Waals surface area contributed by atoms with Crippen LogP contribution in [-0.4, -0.2) is 40.1 Å². The topological polar surface area (TPSA) is 102 Å². The molecule has 0 aliphatic carbocycles. The van der Waals surface area contributed by atoms with Crippen LogP contribution < -0.4 is 10.6 Å². The Labute approximate surface area is 158 Å². The van der Waals surface area contributed by atoms with Crippen molar-refractivity contribution in [1.29, 1.82) is 0 Å². The Bertz CT molecular complexity index is 1010. The van der Waals surface area contributed by atoms with Crippen LogP contribution in [0, 0.1) is 0 Å². The Kier molecular flexibility index (Phi) is 5.31. The number of fused-ring (bicyclic) bond motifs is 1. The van der Waals surface area contributed by atoms with E-state index in [0.717, 1.165) is 11.3 Å². The van der Waals surface area contributed by atoms with Crippen molar-refractivity contribution in [2.24, 2.45) is 0 Å². The number of carbonyl (C=O) groups excluding carboxylic acids is 3. The normalized spacial score (nSPS) is 11.2. The summed E-state index contributed by atoms with van der Waals surface area (Å²) >= 11 is 0.993. The summed E-state index contributed by atoms with van der Waals surface area (Å²) < 4.78 is 41.6. The first-order valence-corrected chi connectivity index (χ1v) is 8.48. The summed E-state index contributed by atoms with van der Waals surface area (Å²) in [7, 11) is 0. The van der Waals surface area contributed by atoms with E-state index in [9.17, 15) is 27.6 Å². The van der Waals surface area contributed by atoms with Crippen LogP contribution in [0.1, 0.15) is 20.8 Å². The van der Waals surface area contributed by atoms with Crippen LogP contribution in [0.15, 0.2) is 42.0 Å². The van der Waals surface area contributed by atoms with Crippen LogP contribution >= 0.6 is 11.3 Å². The van der Waals surface area contributed by atoms with Crippen molar-refractivity contribution >= 4 is 39.9 Å². The van der Waals surface area contributed by atoms with Gasteiger partial charge in [0.1, 0.15) is 16.3 Å². The molecule has 8 nitrogen and oxygen atoms in total. The van der Waals surface area contributed by atoms with E-state index in [4.69, 9.17) is 0 Å². The second-order valence-electron chi connectivity index (χ2n) is 5.36. The van der Waals surface area contributed by atoms with E-state index in [2.05, 4.69) is 15.0 Å². The molecule has 0 aliphatic rings. The minimum atomic E-state index is -4.71. The third kappa shape index (κ3) is 4.65. The SMILES string of the molecule is O=C(NC(=O)c1ccsc1NC(=O)c1cn2ccccc2n1)OCC(F)(F)F. The van der Waals surface area contributed by atoms with E-state index in [0.29, 0.717) is 5.65 Å². The van der Waals surface area contributed by atoms with E-state index in [1.807, 2.05) is 0 Å². The molecule has 3 aromatic rings. The number of hydrogen-bond acceptors (Lipinski definition) is 6. The van der Waals surface area contributed by atoms with Crippen molar-refractivity contribution in [3.63, 3.8) is 0 Å². The highest BCUT2D eigenvalue weighted by Crippen LogP contribution is 2.24. The number of alkyl carbamates (subject to hydrolysis) is 1. The molecule has 0 fully saturated rings. The van der Waals surface area contributed by atoms with Gasteiger partial charge in [0.25, 0.3) is 11.8 Å². The number of amides is 3. The first-order chi connectivity index (χ1) is 13.2. The van der Waals surface area contributed by atoms with Gasteiger partial charge in [-0.15, -0.1) is 11.3 Å². The molecule has 0 radical (unpaired) electrons. The second kappa shape index (κ2) is 7.68. The second-order valence-corrected chi connectivity index (χ2v) is 6.27. The van der Waals surface area contributed by atoms with Crippen molar-refractivity contribution in [1.82, 2.24) is 14.7 Å². The summed E-state index contributed by atoms with van der Waals surface area (Å²) in [6.07, 6.45) is -3.07. The zero-order valence-electron chi connectivity index (χ0n) is 13.8. The molecule has 3 amide bonds. The van der Waals surface area contributed by atoms with Gasteiger partial charge in [0.05, 0.1) is 5.56 Å². The van der Waals surface area contributed by atoms with Crippen LogP contribution in [0.5, 0.6) is 0 Å². The monoisotopic (exact) mass is 412 g/mol. The van der Waals surface area contributed by atoms with Gasteiger partial charge in [-0.2, -0.15) is 13.2 Å². The van der Waals surface area contributed by atoms with E-state index < -0.39 is 30.7 Å². The van der Waals surface area contributed by atoms with E-state index in [-0.39, 0.29) is 16.3 Å². The first-order valence-electron chi connectivity index (χ1n) is 7.60. The predicted octanol–water partition coefficient (Wildman–Crippen LogP) is 3.08. The number of anilines is 1. The van der Waals surface area contributed by atoms with Gasteiger partial charge in [-0.05, 0) is 23.6 Å². The van der Waals surface area contributed by atoms with Crippen LogP contribution in [0.2, 0.25) is 0 Å². The first kappa shape index (κ1) is 19.4. The van der Waals surface area contributed by atoms with Crippen molar-refractivity contribution in [2.45, 2.75) is 6.18 Å². The average molecular weight is 412 g/mol. The number of nitrogens with one attached hydrogen (secondary N) is 2. The maximum absolute atomic E-state index is 12.4. The highest BCUT2D eigenvalue weighted by Gasteiger charge is 2.30. The molecular weight excluding hydrogens is 401 g/mol. The van der Waals surface area contributed by atoms with Gasteiger partial charge in [-0.25, -0.2) is 9.78 Å². The van der Waals surface area contributed by atoms with Crippen LogP contribution in [0.3, 0.4) is 0 Å².